The van der Waals surface area contributed by atoms with Gasteiger partial charge in [0.05, 0.1) is 6.10 Å². The van der Waals surface area contributed by atoms with Gasteiger partial charge in [-0.1, -0.05) is 46.0 Å². The maximum atomic E-state index is 9.76. The third-order valence-electron chi connectivity index (χ3n) is 3.80. The normalized spacial score (nSPS) is 29.4. The summed E-state index contributed by atoms with van der Waals surface area (Å²) in [7, 11) is 0. The van der Waals surface area contributed by atoms with Crippen molar-refractivity contribution >= 4 is 0 Å². The van der Waals surface area contributed by atoms with E-state index in [1.54, 1.807) is 0 Å². The van der Waals surface area contributed by atoms with Crippen molar-refractivity contribution in [3.05, 3.63) is 0 Å². The van der Waals surface area contributed by atoms with Gasteiger partial charge in [0.2, 0.25) is 0 Å². The smallest absolute Gasteiger partial charge is 0.0568 e. The van der Waals surface area contributed by atoms with E-state index in [2.05, 4.69) is 13.8 Å². The summed E-state index contributed by atoms with van der Waals surface area (Å²) >= 11 is 0. The van der Waals surface area contributed by atoms with E-state index < -0.39 is 0 Å². The number of unbranched alkanes of at least 4 members (excludes halogenated alkanes) is 1. The van der Waals surface area contributed by atoms with Gasteiger partial charge in [0.1, 0.15) is 0 Å². The minimum absolute atomic E-state index is 0.0191. The maximum Gasteiger partial charge on any atom is 0.0568 e. The van der Waals surface area contributed by atoms with Crippen LogP contribution in [0.1, 0.15) is 65.2 Å². The standard InChI is InChI=1S/C13H26O/c1-3-5-7-11(4-2)10-12-8-6-9-13(12)14/h11-14H,3-10H2,1-2H3. The Labute approximate surface area is 88.9 Å². The van der Waals surface area contributed by atoms with Gasteiger partial charge in [-0.2, -0.15) is 0 Å². The molecular formula is C13H26O. The lowest BCUT2D eigenvalue weighted by Gasteiger charge is -2.21. The Hall–Kier alpha value is -0.0400. The Morgan fingerprint density at radius 1 is 1.29 bits per heavy atom. The molecule has 3 unspecified atom stereocenters. The highest BCUT2D eigenvalue weighted by atomic mass is 16.3. The summed E-state index contributed by atoms with van der Waals surface area (Å²) in [6.45, 7) is 4.55. The zero-order chi connectivity index (χ0) is 10.4. The van der Waals surface area contributed by atoms with Crippen LogP contribution in [0.3, 0.4) is 0 Å². The van der Waals surface area contributed by atoms with E-state index in [0.29, 0.717) is 5.92 Å². The molecule has 1 rings (SSSR count). The summed E-state index contributed by atoms with van der Waals surface area (Å²) in [6, 6.07) is 0. The summed E-state index contributed by atoms with van der Waals surface area (Å²) in [6.07, 6.45) is 10.2. The van der Waals surface area contributed by atoms with Crippen molar-refractivity contribution < 1.29 is 5.11 Å². The zero-order valence-corrected chi connectivity index (χ0v) is 9.84. The molecule has 1 nitrogen and oxygen atoms in total. The predicted molar refractivity (Wildman–Crippen MR) is 61.3 cm³/mol. The van der Waals surface area contributed by atoms with E-state index in [0.717, 1.165) is 12.3 Å². The molecule has 0 amide bonds. The number of aliphatic hydroxyl groups excluding tert-OH is 1. The number of hydrogen-bond acceptors (Lipinski definition) is 1. The van der Waals surface area contributed by atoms with Crippen molar-refractivity contribution in [3.63, 3.8) is 0 Å². The molecule has 3 atom stereocenters. The van der Waals surface area contributed by atoms with Crippen LogP contribution in [0.2, 0.25) is 0 Å². The first kappa shape index (κ1) is 12.0. The predicted octanol–water partition coefficient (Wildman–Crippen LogP) is 3.75. The van der Waals surface area contributed by atoms with Gasteiger partial charge in [0.15, 0.2) is 0 Å². The van der Waals surface area contributed by atoms with Crippen LogP contribution < -0.4 is 0 Å². The summed E-state index contributed by atoms with van der Waals surface area (Å²) in [4.78, 5) is 0. The van der Waals surface area contributed by atoms with E-state index >= 15 is 0 Å². The van der Waals surface area contributed by atoms with Gasteiger partial charge in [-0.25, -0.2) is 0 Å². The second kappa shape index (κ2) is 6.44. The molecule has 1 aliphatic rings. The summed E-state index contributed by atoms with van der Waals surface area (Å²) < 4.78 is 0. The first-order valence-corrected chi connectivity index (χ1v) is 6.46. The fraction of sp³-hybridized carbons (Fsp3) is 1.00. The second-order valence-electron chi connectivity index (χ2n) is 4.91. The molecule has 0 spiro atoms. The number of aliphatic hydroxyl groups is 1. The fourth-order valence-corrected chi connectivity index (χ4v) is 2.70. The van der Waals surface area contributed by atoms with Gasteiger partial charge in [-0.05, 0) is 31.1 Å². The summed E-state index contributed by atoms with van der Waals surface area (Å²) in [5.41, 5.74) is 0. The molecule has 1 aliphatic carbocycles. The highest BCUT2D eigenvalue weighted by molar-refractivity contribution is 4.78. The van der Waals surface area contributed by atoms with Crippen molar-refractivity contribution in [2.24, 2.45) is 11.8 Å². The monoisotopic (exact) mass is 198 g/mol. The largest absolute Gasteiger partial charge is 0.393 e. The highest BCUT2D eigenvalue weighted by Gasteiger charge is 2.26. The fourth-order valence-electron chi connectivity index (χ4n) is 2.70. The molecule has 0 aromatic carbocycles. The van der Waals surface area contributed by atoms with Crippen LogP contribution in [0.15, 0.2) is 0 Å². The van der Waals surface area contributed by atoms with Gasteiger partial charge in [0.25, 0.3) is 0 Å². The molecule has 0 saturated heterocycles. The lowest BCUT2D eigenvalue weighted by molar-refractivity contribution is 0.115. The lowest BCUT2D eigenvalue weighted by atomic mass is 9.87. The van der Waals surface area contributed by atoms with Gasteiger partial charge >= 0.3 is 0 Å². The number of rotatable bonds is 6. The third-order valence-corrected chi connectivity index (χ3v) is 3.80. The Morgan fingerprint density at radius 3 is 2.57 bits per heavy atom. The van der Waals surface area contributed by atoms with Crippen LogP contribution in [0.25, 0.3) is 0 Å². The van der Waals surface area contributed by atoms with Crippen molar-refractivity contribution in [1.29, 1.82) is 0 Å². The third kappa shape index (κ3) is 3.61. The van der Waals surface area contributed by atoms with Crippen molar-refractivity contribution in [3.8, 4) is 0 Å². The molecule has 0 aliphatic heterocycles. The Morgan fingerprint density at radius 2 is 2.07 bits per heavy atom. The minimum atomic E-state index is 0.0191. The SMILES string of the molecule is CCCCC(CC)CC1CCCC1O. The Balaban J connectivity index is 2.24. The molecular weight excluding hydrogens is 172 g/mol. The maximum absolute atomic E-state index is 9.76. The molecule has 0 radical (unpaired) electrons. The molecule has 1 N–H and O–H groups in total. The molecule has 1 saturated carbocycles. The van der Waals surface area contributed by atoms with Crippen LogP contribution >= 0.6 is 0 Å². The molecule has 0 aromatic heterocycles. The highest BCUT2D eigenvalue weighted by Crippen LogP contribution is 2.33. The molecule has 0 aromatic rings. The Bertz CT molecular complexity index is 144. The first-order chi connectivity index (χ1) is 6.77. The molecule has 0 bridgehead atoms. The zero-order valence-electron chi connectivity index (χ0n) is 9.84. The van der Waals surface area contributed by atoms with E-state index in [1.807, 2.05) is 0 Å². The topological polar surface area (TPSA) is 20.2 Å². The first-order valence-electron chi connectivity index (χ1n) is 6.46. The lowest BCUT2D eigenvalue weighted by Crippen LogP contribution is -2.17. The summed E-state index contributed by atoms with van der Waals surface area (Å²) in [5.74, 6) is 1.49. The van der Waals surface area contributed by atoms with Gasteiger partial charge in [-0.3, -0.25) is 0 Å². The van der Waals surface area contributed by atoms with E-state index in [4.69, 9.17) is 0 Å². The molecule has 0 heterocycles. The molecule has 1 heteroatoms. The average molecular weight is 198 g/mol. The van der Waals surface area contributed by atoms with Crippen LogP contribution in [-0.4, -0.2) is 11.2 Å². The Kier molecular flexibility index (Phi) is 5.54. The molecule has 14 heavy (non-hydrogen) atoms. The van der Waals surface area contributed by atoms with Crippen molar-refractivity contribution in [2.75, 3.05) is 0 Å². The van der Waals surface area contributed by atoms with E-state index in [9.17, 15) is 5.11 Å². The molecule has 84 valence electrons. The van der Waals surface area contributed by atoms with Gasteiger partial charge < -0.3 is 5.11 Å². The van der Waals surface area contributed by atoms with E-state index in [-0.39, 0.29) is 6.10 Å². The second-order valence-corrected chi connectivity index (χ2v) is 4.91. The molecule has 1 fully saturated rings. The van der Waals surface area contributed by atoms with E-state index in [1.165, 1.54) is 44.9 Å². The van der Waals surface area contributed by atoms with Crippen LogP contribution in [0, 0.1) is 11.8 Å². The number of hydrogen-bond donors (Lipinski definition) is 1. The van der Waals surface area contributed by atoms with Gasteiger partial charge in [-0.15, -0.1) is 0 Å². The average Bonchev–Trinajstić information content (AvgIpc) is 2.59. The van der Waals surface area contributed by atoms with Crippen LogP contribution in [0.4, 0.5) is 0 Å². The summed E-state index contributed by atoms with van der Waals surface area (Å²) in [5, 5.41) is 9.76. The van der Waals surface area contributed by atoms with Crippen molar-refractivity contribution in [1.82, 2.24) is 0 Å². The minimum Gasteiger partial charge on any atom is -0.393 e. The van der Waals surface area contributed by atoms with Gasteiger partial charge in [0, 0.05) is 0 Å². The quantitative estimate of drug-likeness (QED) is 0.689. The van der Waals surface area contributed by atoms with Crippen LogP contribution in [-0.2, 0) is 0 Å². The van der Waals surface area contributed by atoms with Crippen LogP contribution in [0.5, 0.6) is 0 Å². The van der Waals surface area contributed by atoms with Crippen molar-refractivity contribution in [2.45, 2.75) is 71.3 Å².